The van der Waals surface area contributed by atoms with E-state index < -0.39 is 8.32 Å². The molecule has 0 radical (unpaired) electrons. The maximum Gasteiger partial charge on any atom is 0.261 e. The second-order valence-corrected chi connectivity index (χ2v) is 16.0. The van der Waals surface area contributed by atoms with Gasteiger partial charge in [0.2, 0.25) is 0 Å². The second-order valence-electron chi connectivity index (χ2n) is 11.7. The molecule has 0 saturated carbocycles. The first-order valence-corrected chi connectivity index (χ1v) is 16.0. The van der Waals surface area contributed by atoms with Crippen LogP contribution in [0.4, 0.5) is 0 Å². The minimum Gasteiger partial charge on any atom is -0.497 e. The molecule has 210 valence electrons. The van der Waals surface area contributed by atoms with Crippen molar-refractivity contribution >= 4 is 25.0 Å². The fourth-order valence-corrected chi connectivity index (χ4v) is 10.1. The molecule has 0 aromatic heterocycles. The van der Waals surface area contributed by atoms with Crippen molar-refractivity contribution in [2.24, 2.45) is 11.8 Å². The first-order chi connectivity index (χ1) is 18.6. The molecular formula is C34H46O4Si. The van der Waals surface area contributed by atoms with Crippen molar-refractivity contribution < 1.29 is 18.7 Å². The summed E-state index contributed by atoms with van der Waals surface area (Å²) in [5.74, 6) is 0.932. The van der Waals surface area contributed by atoms with E-state index in [1.807, 2.05) is 31.2 Å². The Morgan fingerprint density at radius 1 is 0.795 bits per heavy atom. The number of methoxy groups -OCH3 is 1. The number of hydrogen-bond acceptors (Lipinski definition) is 4. The zero-order valence-electron chi connectivity index (χ0n) is 24.7. The van der Waals surface area contributed by atoms with Gasteiger partial charge in [0.15, 0.2) is 0 Å². The number of benzene rings is 3. The van der Waals surface area contributed by atoms with E-state index in [1.54, 1.807) is 7.11 Å². The number of ether oxygens (including phenoxy) is 2. The molecule has 3 aromatic rings. The predicted octanol–water partition coefficient (Wildman–Crippen LogP) is 6.80. The third-order valence-electron chi connectivity index (χ3n) is 7.91. The summed E-state index contributed by atoms with van der Waals surface area (Å²) in [5, 5.41) is 2.51. The lowest BCUT2D eigenvalue weighted by Crippen LogP contribution is -2.67. The lowest BCUT2D eigenvalue weighted by Gasteiger charge is -2.45. The van der Waals surface area contributed by atoms with E-state index >= 15 is 0 Å². The minimum atomic E-state index is -2.62. The van der Waals surface area contributed by atoms with Crippen LogP contribution in [0.1, 0.15) is 59.9 Å². The van der Waals surface area contributed by atoms with Crippen molar-refractivity contribution in [1.29, 1.82) is 0 Å². The topological polar surface area (TPSA) is 44.8 Å². The standard InChI is InChI=1S/C34H46O4Si/c1-26(18-23-33(27(2)24-35)37-25-29-19-21-30(36-7)22-20-29)28(3)38-39(34(4,5)6,31-14-10-8-11-15-31)32-16-12-9-13-17-32/h8-17,19-22,24,26-28,33H,18,23,25H2,1-7H3/t26-,27+,28+,33-/m0/s1. The van der Waals surface area contributed by atoms with Crippen molar-refractivity contribution in [3.05, 3.63) is 90.5 Å². The van der Waals surface area contributed by atoms with Crippen molar-refractivity contribution in [2.45, 2.75) is 78.2 Å². The van der Waals surface area contributed by atoms with E-state index in [4.69, 9.17) is 13.9 Å². The Hall–Kier alpha value is -2.73. The maximum absolute atomic E-state index is 11.7. The molecule has 0 aliphatic carbocycles. The molecule has 0 bridgehead atoms. The second kappa shape index (κ2) is 14.1. The van der Waals surface area contributed by atoms with Crippen molar-refractivity contribution in [2.75, 3.05) is 7.11 Å². The summed E-state index contributed by atoms with van der Waals surface area (Å²) >= 11 is 0. The fraction of sp³-hybridized carbons (Fsp3) is 0.441. The van der Waals surface area contributed by atoms with Gasteiger partial charge in [0.25, 0.3) is 8.32 Å². The Bertz CT molecular complexity index is 1090. The molecule has 3 aromatic carbocycles. The third kappa shape index (κ3) is 7.68. The summed E-state index contributed by atoms with van der Waals surface area (Å²) < 4.78 is 18.9. The van der Waals surface area contributed by atoms with Crippen LogP contribution in [0.5, 0.6) is 5.75 Å². The van der Waals surface area contributed by atoms with E-state index in [9.17, 15) is 4.79 Å². The smallest absolute Gasteiger partial charge is 0.261 e. The minimum absolute atomic E-state index is 0.0325. The van der Waals surface area contributed by atoms with Crippen LogP contribution in [-0.4, -0.2) is 33.9 Å². The molecule has 4 nitrogen and oxygen atoms in total. The van der Waals surface area contributed by atoms with Gasteiger partial charge in [-0.2, -0.15) is 0 Å². The van der Waals surface area contributed by atoms with E-state index in [2.05, 4.69) is 95.3 Å². The molecule has 3 rings (SSSR count). The molecule has 0 aliphatic heterocycles. The highest BCUT2D eigenvalue weighted by Crippen LogP contribution is 2.38. The van der Waals surface area contributed by atoms with Crippen LogP contribution >= 0.6 is 0 Å². The molecule has 0 spiro atoms. The number of rotatable bonds is 14. The van der Waals surface area contributed by atoms with Crippen LogP contribution in [0.25, 0.3) is 0 Å². The van der Waals surface area contributed by atoms with Crippen LogP contribution in [0.15, 0.2) is 84.9 Å². The Balaban J connectivity index is 1.76. The number of aldehydes is 1. The van der Waals surface area contributed by atoms with Crippen LogP contribution in [-0.2, 0) is 20.6 Å². The maximum atomic E-state index is 11.7. The SMILES string of the molecule is COc1ccc(CO[C@@H](CC[C@H](C)[C@@H](C)O[Si](c2ccccc2)(c2ccccc2)C(C)(C)C)[C@H](C)C=O)cc1. The van der Waals surface area contributed by atoms with E-state index in [0.717, 1.165) is 30.4 Å². The normalized spacial score (nSPS) is 15.3. The van der Waals surface area contributed by atoms with Crippen LogP contribution in [0.2, 0.25) is 5.04 Å². The van der Waals surface area contributed by atoms with Crippen LogP contribution in [0.3, 0.4) is 0 Å². The zero-order valence-corrected chi connectivity index (χ0v) is 25.7. The quantitative estimate of drug-likeness (QED) is 0.165. The van der Waals surface area contributed by atoms with E-state index in [-0.39, 0.29) is 29.1 Å². The van der Waals surface area contributed by atoms with Gasteiger partial charge in [-0.25, -0.2) is 0 Å². The van der Waals surface area contributed by atoms with Gasteiger partial charge in [-0.15, -0.1) is 0 Å². The van der Waals surface area contributed by atoms with Gasteiger partial charge in [-0.1, -0.05) is 107 Å². The predicted molar refractivity (Wildman–Crippen MR) is 163 cm³/mol. The van der Waals surface area contributed by atoms with Gasteiger partial charge >= 0.3 is 0 Å². The Kier molecular flexibility index (Phi) is 11.1. The molecule has 0 N–H and O–H groups in total. The lowest BCUT2D eigenvalue weighted by molar-refractivity contribution is -0.116. The molecule has 39 heavy (non-hydrogen) atoms. The molecule has 0 aliphatic rings. The van der Waals surface area contributed by atoms with Gasteiger partial charge in [-0.3, -0.25) is 0 Å². The summed E-state index contributed by atoms with van der Waals surface area (Å²) in [5.41, 5.74) is 1.07. The number of carbonyl (C=O) groups is 1. The van der Waals surface area contributed by atoms with Crippen molar-refractivity contribution in [3.63, 3.8) is 0 Å². The fourth-order valence-electron chi connectivity index (χ4n) is 5.26. The van der Waals surface area contributed by atoms with Gasteiger partial charge in [-0.05, 0) is 58.8 Å². The van der Waals surface area contributed by atoms with Gasteiger partial charge in [0, 0.05) is 12.0 Å². The third-order valence-corrected chi connectivity index (χ3v) is 13.0. The largest absolute Gasteiger partial charge is 0.497 e. The van der Waals surface area contributed by atoms with E-state index in [1.165, 1.54) is 10.4 Å². The molecule has 0 saturated heterocycles. The first-order valence-electron chi connectivity index (χ1n) is 14.1. The molecule has 5 heteroatoms. The molecule has 0 heterocycles. The first kappa shape index (κ1) is 30.8. The summed E-state index contributed by atoms with van der Waals surface area (Å²) in [7, 11) is -0.965. The van der Waals surface area contributed by atoms with Gasteiger partial charge in [0.1, 0.15) is 12.0 Å². The molecule has 0 fully saturated rings. The van der Waals surface area contributed by atoms with Crippen molar-refractivity contribution in [1.82, 2.24) is 0 Å². The van der Waals surface area contributed by atoms with Crippen LogP contribution < -0.4 is 15.1 Å². The van der Waals surface area contributed by atoms with Gasteiger partial charge < -0.3 is 18.7 Å². The summed E-state index contributed by atoms with van der Waals surface area (Å²) in [4.78, 5) is 11.7. The highest BCUT2D eigenvalue weighted by molar-refractivity contribution is 6.99. The van der Waals surface area contributed by atoms with E-state index in [0.29, 0.717) is 6.61 Å². The Labute approximate surface area is 236 Å². The Morgan fingerprint density at radius 3 is 1.79 bits per heavy atom. The average molecular weight is 547 g/mol. The summed E-state index contributed by atoms with van der Waals surface area (Å²) in [6.07, 6.45) is 2.60. The van der Waals surface area contributed by atoms with Crippen molar-refractivity contribution in [3.8, 4) is 5.75 Å². The number of hydrogen-bond donors (Lipinski definition) is 0. The molecule has 4 atom stereocenters. The molecular weight excluding hydrogens is 500 g/mol. The van der Waals surface area contributed by atoms with Crippen LogP contribution in [0, 0.1) is 11.8 Å². The average Bonchev–Trinajstić information content (AvgIpc) is 2.95. The highest BCUT2D eigenvalue weighted by Gasteiger charge is 2.51. The van der Waals surface area contributed by atoms with Gasteiger partial charge in [0.05, 0.1) is 19.8 Å². The number of carbonyl (C=O) groups excluding carboxylic acids is 1. The lowest BCUT2D eigenvalue weighted by atomic mass is 9.94. The summed E-state index contributed by atoms with van der Waals surface area (Å²) in [6, 6.07) is 29.4. The monoisotopic (exact) mass is 546 g/mol. The summed E-state index contributed by atoms with van der Waals surface area (Å²) in [6.45, 7) is 13.8. The molecule has 0 amide bonds. The zero-order chi connectivity index (χ0) is 28.5. The Morgan fingerprint density at radius 2 is 1.33 bits per heavy atom. The molecule has 0 unspecified atom stereocenters. The highest BCUT2D eigenvalue weighted by atomic mass is 28.4.